The number of carboxylic acids is 1. The van der Waals surface area contributed by atoms with Crippen LogP contribution in [0.15, 0.2) is 4.79 Å². The van der Waals surface area contributed by atoms with Gasteiger partial charge in [0, 0.05) is 0 Å². The van der Waals surface area contributed by atoms with E-state index in [1.165, 1.54) is 0 Å². The predicted molar refractivity (Wildman–Crippen MR) is 56.3 cm³/mol. The van der Waals surface area contributed by atoms with Crippen LogP contribution in [0.4, 0.5) is 19.0 Å². The molecule has 106 valence electrons. The van der Waals surface area contributed by atoms with Gasteiger partial charge in [0.2, 0.25) is 0 Å². The fourth-order valence-corrected chi connectivity index (χ4v) is 1.22. The highest BCUT2D eigenvalue weighted by Gasteiger charge is 2.27. The zero-order chi connectivity index (χ0) is 14.6. The van der Waals surface area contributed by atoms with Crippen molar-refractivity contribution in [1.29, 1.82) is 0 Å². The smallest absolute Gasteiger partial charge is 0.411 e. The Balaban J connectivity index is 2.78. The van der Waals surface area contributed by atoms with Gasteiger partial charge in [-0.2, -0.15) is 13.2 Å². The Labute approximate surface area is 104 Å². The summed E-state index contributed by atoms with van der Waals surface area (Å²) in [5, 5.41) is 8.53. The van der Waals surface area contributed by atoms with Crippen LogP contribution in [0.25, 0.3) is 0 Å². The van der Waals surface area contributed by atoms with Crippen molar-refractivity contribution < 1.29 is 27.8 Å². The summed E-state index contributed by atoms with van der Waals surface area (Å²) in [5.41, 5.74) is 4.28. The van der Waals surface area contributed by atoms with Gasteiger partial charge in [-0.25, -0.2) is 4.98 Å². The lowest BCUT2D eigenvalue weighted by Gasteiger charge is -2.08. The maximum absolute atomic E-state index is 11.8. The Kier molecular flexibility index (Phi) is 4.48. The lowest BCUT2D eigenvalue weighted by Crippen LogP contribution is -2.23. The summed E-state index contributed by atoms with van der Waals surface area (Å²) in [6.45, 7) is -2.08. The molecule has 1 aromatic heterocycles. The van der Waals surface area contributed by atoms with Crippen molar-refractivity contribution in [2.75, 3.05) is 12.3 Å². The van der Waals surface area contributed by atoms with Gasteiger partial charge in [0.25, 0.3) is 5.56 Å². The van der Waals surface area contributed by atoms with Gasteiger partial charge in [0.1, 0.15) is 24.9 Å². The van der Waals surface area contributed by atoms with E-state index in [2.05, 4.69) is 14.7 Å². The fraction of sp³-hybridized carbons (Fsp3) is 0.444. The number of aromatic amines is 1. The zero-order valence-electron chi connectivity index (χ0n) is 9.45. The minimum absolute atomic E-state index is 0.208. The van der Waals surface area contributed by atoms with Crippen molar-refractivity contribution in [1.82, 2.24) is 9.97 Å². The zero-order valence-corrected chi connectivity index (χ0v) is 9.45. The second kappa shape index (κ2) is 5.69. The molecular weight excluding hydrogens is 271 g/mol. The molecule has 1 heterocycles. The molecule has 0 amide bonds. The summed E-state index contributed by atoms with van der Waals surface area (Å²) in [4.78, 5) is 27.6. The number of rotatable bonds is 5. The first-order valence-corrected chi connectivity index (χ1v) is 4.93. The largest absolute Gasteiger partial charge is 0.481 e. The number of hydrogen-bond acceptors (Lipinski definition) is 5. The van der Waals surface area contributed by atoms with Crippen LogP contribution in [0, 0.1) is 0 Å². The average molecular weight is 281 g/mol. The number of nitrogens with zero attached hydrogens (tertiary/aromatic N) is 1. The van der Waals surface area contributed by atoms with E-state index in [1.807, 2.05) is 0 Å². The topological polar surface area (TPSA) is 118 Å². The van der Waals surface area contributed by atoms with Gasteiger partial charge in [-0.1, -0.05) is 0 Å². The van der Waals surface area contributed by atoms with Crippen LogP contribution in [0.1, 0.15) is 11.4 Å². The van der Waals surface area contributed by atoms with Gasteiger partial charge in [-0.3, -0.25) is 9.59 Å². The van der Waals surface area contributed by atoms with Crippen LogP contribution in [0.3, 0.4) is 0 Å². The number of hydrogen-bond donors (Lipinski definition) is 3. The molecule has 0 aromatic carbocycles. The van der Waals surface area contributed by atoms with Crippen LogP contribution in [0.5, 0.6) is 0 Å². The van der Waals surface area contributed by atoms with E-state index in [9.17, 15) is 22.8 Å². The van der Waals surface area contributed by atoms with Crippen molar-refractivity contribution in [3.63, 3.8) is 0 Å². The molecule has 19 heavy (non-hydrogen) atoms. The number of alkyl halides is 3. The molecule has 0 aliphatic heterocycles. The Morgan fingerprint density at radius 2 is 2.11 bits per heavy atom. The SMILES string of the molecule is Nc1nc(COCC(F)(F)F)[nH]c(=O)c1CC(=O)O. The lowest BCUT2D eigenvalue weighted by atomic mass is 10.2. The molecule has 10 heteroatoms. The quantitative estimate of drug-likeness (QED) is 0.702. The number of halogens is 3. The lowest BCUT2D eigenvalue weighted by molar-refractivity contribution is -0.177. The van der Waals surface area contributed by atoms with Gasteiger partial charge >= 0.3 is 12.1 Å². The first kappa shape index (κ1) is 15.0. The Morgan fingerprint density at radius 3 is 2.58 bits per heavy atom. The molecule has 1 aromatic rings. The van der Waals surface area contributed by atoms with Gasteiger partial charge in [0.15, 0.2) is 0 Å². The molecule has 0 fully saturated rings. The number of carboxylic acid groups (broad SMARTS) is 1. The Bertz CT molecular complexity index is 526. The molecule has 0 bridgehead atoms. The molecule has 1 rings (SSSR count). The van der Waals surface area contributed by atoms with Gasteiger partial charge in [-0.05, 0) is 0 Å². The highest BCUT2D eigenvalue weighted by atomic mass is 19.4. The van der Waals surface area contributed by atoms with Crippen LogP contribution >= 0.6 is 0 Å². The molecule has 0 radical (unpaired) electrons. The minimum Gasteiger partial charge on any atom is -0.481 e. The number of nitrogens with two attached hydrogens (primary N) is 1. The summed E-state index contributed by atoms with van der Waals surface area (Å²) in [7, 11) is 0. The van der Waals surface area contributed by atoms with Gasteiger partial charge < -0.3 is 20.6 Å². The van der Waals surface area contributed by atoms with Gasteiger partial charge in [-0.15, -0.1) is 0 Å². The third-order valence-electron chi connectivity index (χ3n) is 1.93. The van der Waals surface area contributed by atoms with E-state index in [0.29, 0.717) is 0 Å². The third-order valence-corrected chi connectivity index (χ3v) is 1.93. The Morgan fingerprint density at radius 1 is 1.47 bits per heavy atom. The summed E-state index contributed by atoms with van der Waals surface area (Å²) in [5.74, 6) is -1.84. The number of aliphatic carboxylic acids is 1. The van der Waals surface area contributed by atoms with Crippen LogP contribution in [-0.2, 0) is 22.6 Å². The van der Waals surface area contributed by atoms with Crippen molar-refractivity contribution in [2.24, 2.45) is 0 Å². The summed E-state index contributed by atoms with van der Waals surface area (Å²) in [6, 6.07) is 0. The van der Waals surface area contributed by atoms with Crippen LogP contribution in [0.2, 0.25) is 0 Å². The standard InChI is InChI=1S/C9H10F3N3O4/c10-9(11,12)3-19-2-5-14-7(13)4(1-6(16)17)8(18)15-5/h1-3H2,(H,16,17)(H3,13,14,15,18). The summed E-state index contributed by atoms with van der Waals surface area (Å²) < 4.78 is 39.7. The number of carbonyl (C=O) groups is 1. The number of H-pyrrole nitrogens is 1. The second-order valence-electron chi connectivity index (χ2n) is 3.55. The van der Waals surface area contributed by atoms with Crippen molar-refractivity contribution in [3.05, 3.63) is 21.7 Å². The molecule has 7 nitrogen and oxygen atoms in total. The second-order valence-corrected chi connectivity index (χ2v) is 3.55. The molecule has 4 N–H and O–H groups in total. The fourth-order valence-electron chi connectivity index (χ4n) is 1.22. The van der Waals surface area contributed by atoms with E-state index < -0.39 is 37.3 Å². The first-order chi connectivity index (χ1) is 8.69. The molecule has 0 aliphatic carbocycles. The normalized spacial score (nSPS) is 11.5. The molecule has 0 saturated heterocycles. The number of nitrogens with one attached hydrogen (secondary N) is 1. The number of ether oxygens (including phenoxy) is 1. The molecule has 0 saturated carbocycles. The summed E-state index contributed by atoms with van der Waals surface area (Å²) in [6.07, 6.45) is -5.12. The molecule has 0 unspecified atom stereocenters. The van der Waals surface area contributed by atoms with E-state index in [0.717, 1.165) is 0 Å². The van der Waals surface area contributed by atoms with Crippen molar-refractivity contribution >= 4 is 11.8 Å². The summed E-state index contributed by atoms with van der Waals surface area (Å²) >= 11 is 0. The van der Waals surface area contributed by atoms with Crippen molar-refractivity contribution in [2.45, 2.75) is 19.2 Å². The molecule has 0 spiro atoms. The number of aromatic nitrogens is 2. The highest BCUT2D eigenvalue weighted by molar-refractivity contribution is 5.71. The number of anilines is 1. The van der Waals surface area contributed by atoms with E-state index in [1.54, 1.807) is 0 Å². The molecular formula is C9H10F3N3O4. The van der Waals surface area contributed by atoms with E-state index >= 15 is 0 Å². The average Bonchev–Trinajstić information content (AvgIpc) is 2.21. The molecule has 0 atom stereocenters. The maximum Gasteiger partial charge on any atom is 0.411 e. The van der Waals surface area contributed by atoms with Crippen LogP contribution < -0.4 is 11.3 Å². The third kappa shape index (κ3) is 4.95. The highest BCUT2D eigenvalue weighted by Crippen LogP contribution is 2.15. The van der Waals surface area contributed by atoms with Gasteiger partial charge in [0.05, 0.1) is 12.0 Å². The molecule has 0 aliphatic rings. The number of nitrogen functional groups attached to an aromatic ring is 1. The van der Waals surface area contributed by atoms with E-state index in [-0.39, 0.29) is 17.2 Å². The van der Waals surface area contributed by atoms with Crippen LogP contribution in [-0.4, -0.2) is 33.8 Å². The first-order valence-electron chi connectivity index (χ1n) is 4.93. The minimum atomic E-state index is -4.49. The van der Waals surface area contributed by atoms with E-state index in [4.69, 9.17) is 10.8 Å². The monoisotopic (exact) mass is 281 g/mol. The predicted octanol–water partition coefficient (Wildman–Crippen LogP) is 0.0581. The maximum atomic E-state index is 11.8. The van der Waals surface area contributed by atoms with Crippen molar-refractivity contribution in [3.8, 4) is 0 Å². The Hall–Kier alpha value is -2.10.